The summed E-state index contributed by atoms with van der Waals surface area (Å²) in [5.74, 6) is -1.03. The average Bonchev–Trinajstić information content (AvgIpc) is 2.70. The van der Waals surface area contributed by atoms with E-state index in [1.807, 2.05) is 0 Å². The minimum absolute atomic E-state index is 0.370. The molecule has 0 saturated heterocycles. The van der Waals surface area contributed by atoms with Gasteiger partial charge in [0, 0.05) is 4.88 Å². The number of aldehydes is 1. The van der Waals surface area contributed by atoms with Crippen molar-refractivity contribution in [2.75, 3.05) is 0 Å². The Kier molecular flexibility index (Phi) is 2.51. The molecule has 1 heterocycles. The molecule has 2 aromatic rings. The van der Waals surface area contributed by atoms with Crippen molar-refractivity contribution in [3.8, 4) is 16.2 Å². The van der Waals surface area contributed by atoms with E-state index in [1.54, 1.807) is 18.2 Å². The minimum atomic E-state index is -0.659. The maximum atomic E-state index is 13.0. The first-order valence-electron chi connectivity index (χ1n) is 4.24. The summed E-state index contributed by atoms with van der Waals surface area (Å²) in [6.45, 7) is 0. The zero-order valence-electron chi connectivity index (χ0n) is 7.61. The Morgan fingerprint density at radius 3 is 2.67 bits per heavy atom. The lowest BCUT2D eigenvalue weighted by Crippen LogP contribution is -1.77. The van der Waals surface area contributed by atoms with E-state index in [9.17, 15) is 9.18 Å². The van der Waals surface area contributed by atoms with Gasteiger partial charge >= 0.3 is 0 Å². The van der Waals surface area contributed by atoms with Gasteiger partial charge in [0.05, 0.1) is 4.88 Å². The summed E-state index contributed by atoms with van der Waals surface area (Å²) in [5, 5.41) is 9.01. The summed E-state index contributed by atoms with van der Waals surface area (Å²) < 4.78 is 13.0. The van der Waals surface area contributed by atoms with E-state index in [2.05, 4.69) is 0 Å². The minimum Gasteiger partial charge on any atom is -0.505 e. The molecule has 1 aromatic carbocycles. The Balaban J connectivity index is 2.44. The van der Waals surface area contributed by atoms with Crippen molar-refractivity contribution >= 4 is 17.6 Å². The van der Waals surface area contributed by atoms with E-state index in [0.29, 0.717) is 10.4 Å². The van der Waals surface area contributed by atoms with Gasteiger partial charge in [0.25, 0.3) is 0 Å². The number of thiophene rings is 1. The standard InChI is InChI=1S/C11H7FO2S/c12-9-5-7(1-3-10(9)14)11-4-2-8(6-13)15-11/h1-6,14H. The van der Waals surface area contributed by atoms with E-state index < -0.39 is 5.82 Å². The van der Waals surface area contributed by atoms with Crippen molar-refractivity contribution in [3.05, 3.63) is 41.0 Å². The summed E-state index contributed by atoms with van der Waals surface area (Å²) in [4.78, 5) is 11.9. The highest BCUT2D eigenvalue weighted by Crippen LogP contribution is 2.29. The normalized spacial score (nSPS) is 10.2. The lowest BCUT2D eigenvalue weighted by molar-refractivity contribution is 0.112. The van der Waals surface area contributed by atoms with Gasteiger partial charge in [-0.05, 0) is 35.9 Å². The molecule has 0 unspecified atom stereocenters. The van der Waals surface area contributed by atoms with Crippen molar-refractivity contribution in [1.29, 1.82) is 0 Å². The Labute approximate surface area is 89.6 Å². The molecule has 4 heteroatoms. The van der Waals surface area contributed by atoms with Crippen molar-refractivity contribution < 1.29 is 14.3 Å². The molecule has 0 aliphatic heterocycles. The van der Waals surface area contributed by atoms with Gasteiger partial charge in [-0.2, -0.15) is 0 Å². The van der Waals surface area contributed by atoms with Crippen LogP contribution < -0.4 is 0 Å². The molecule has 76 valence electrons. The molecule has 1 aromatic heterocycles. The highest BCUT2D eigenvalue weighted by molar-refractivity contribution is 7.17. The summed E-state index contributed by atoms with van der Waals surface area (Å²) in [5.41, 5.74) is 0.656. The fourth-order valence-corrected chi connectivity index (χ4v) is 2.05. The first-order chi connectivity index (χ1) is 7.20. The fourth-order valence-electron chi connectivity index (χ4n) is 1.23. The van der Waals surface area contributed by atoms with E-state index >= 15 is 0 Å². The van der Waals surface area contributed by atoms with Crippen LogP contribution >= 0.6 is 11.3 Å². The topological polar surface area (TPSA) is 37.3 Å². The number of carbonyl (C=O) groups excluding carboxylic acids is 1. The van der Waals surface area contributed by atoms with Gasteiger partial charge in [-0.3, -0.25) is 4.79 Å². The number of carbonyl (C=O) groups is 1. The average molecular weight is 222 g/mol. The smallest absolute Gasteiger partial charge is 0.165 e. The van der Waals surface area contributed by atoms with Gasteiger partial charge in [0.2, 0.25) is 0 Å². The van der Waals surface area contributed by atoms with Gasteiger partial charge in [-0.25, -0.2) is 4.39 Å². The molecule has 0 radical (unpaired) electrons. The van der Waals surface area contributed by atoms with Crippen LogP contribution in [0.2, 0.25) is 0 Å². The van der Waals surface area contributed by atoms with Crippen LogP contribution in [0.3, 0.4) is 0 Å². The molecule has 0 amide bonds. The van der Waals surface area contributed by atoms with Crippen molar-refractivity contribution in [1.82, 2.24) is 0 Å². The molecule has 0 aliphatic rings. The fraction of sp³-hybridized carbons (Fsp3) is 0. The van der Waals surface area contributed by atoms with Crippen LogP contribution in [0.15, 0.2) is 30.3 Å². The van der Waals surface area contributed by atoms with E-state index in [4.69, 9.17) is 5.11 Å². The number of aromatic hydroxyl groups is 1. The molecule has 0 aliphatic carbocycles. The second-order valence-corrected chi connectivity index (χ2v) is 4.10. The number of halogens is 1. The van der Waals surface area contributed by atoms with Crippen LogP contribution in [-0.4, -0.2) is 11.4 Å². The number of rotatable bonds is 2. The maximum Gasteiger partial charge on any atom is 0.165 e. The summed E-state index contributed by atoms with van der Waals surface area (Å²) in [6.07, 6.45) is 0.755. The maximum absolute atomic E-state index is 13.0. The largest absolute Gasteiger partial charge is 0.505 e. The lowest BCUT2D eigenvalue weighted by atomic mass is 10.2. The second-order valence-electron chi connectivity index (χ2n) is 2.99. The zero-order valence-corrected chi connectivity index (χ0v) is 8.42. The SMILES string of the molecule is O=Cc1ccc(-c2ccc(O)c(F)c2)s1. The van der Waals surface area contributed by atoms with Crippen LogP contribution in [0.5, 0.6) is 5.75 Å². The molecule has 15 heavy (non-hydrogen) atoms. The van der Waals surface area contributed by atoms with Crippen LogP contribution in [0.25, 0.3) is 10.4 Å². The summed E-state index contributed by atoms with van der Waals surface area (Å²) in [6, 6.07) is 7.58. The quantitative estimate of drug-likeness (QED) is 0.793. The lowest BCUT2D eigenvalue weighted by Gasteiger charge is -1.98. The van der Waals surface area contributed by atoms with Gasteiger partial charge in [-0.1, -0.05) is 0 Å². The Morgan fingerprint density at radius 1 is 1.27 bits per heavy atom. The predicted molar refractivity (Wildman–Crippen MR) is 56.8 cm³/mol. The number of hydrogen-bond acceptors (Lipinski definition) is 3. The number of hydrogen-bond donors (Lipinski definition) is 1. The van der Waals surface area contributed by atoms with E-state index in [1.165, 1.54) is 23.5 Å². The Hall–Kier alpha value is -1.68. The third kappa shape index (κ3) is 1.89. The number of benzene rings is 1. The first-order valence-corrected chi connectivity index (χ1v) is 5.06. The molecule has 0 saturated carbocycles. The summed E-state index contributed by atoms with van der Waals surface area (Å²) in [7, 11) is 0. The van der Waals surface area contributed by atoms with Gasteiger partial charge in [0.1, 0.15) is 0 Å². The summed E-state index contributed by atoms with van der Waals surface area (Å²) >= 11 is 1.28. The second kappa shape index (κ2) is 3.82. The van der Waals surface area contributed by atoms with Gasteiger partial charge in [-0.15, -0.1) is 11.3 Å². The van der Waals surface area contributed by atoms with Crippen LogP contribution in [-0.2, 0) is 0 Å². The van der Waals surface area contributed by atoms with E-state index in [0.717, 1.165) is 11.2 Å². The predicted octanol–water partition coefficient (Wildman–Crippen LogP) is 3.07. The Morgan fingerprint density at radius 2 is 2.07 bits per heavy atom. The Bertz CT molecular complexity index is 505. The van der Waals surface area contributed by atoms with E-state index in [-0.39, 0.29) is 5.75 Å². The molecule has 2 nitrogen and oxygen atoms in total. The van der Waals surface area contributed by atoms with Crippen LogP contribution in [0, 0.1) is 5.82 Å². The van der Waals surface area contributed by atoms with Crippen molar-refractivity contribution in [2.45, 2.75) is 0 Å². The van der Waals surface area contributed by atoms with Crippen molar-refractivity contribution in [2.24, 2.45) is 0 Å². The highest BCUT2D eigenvalue weighted by atomic mass is 32.1. The third-order valence-electron chi connectivity index (χ3n) is 1.98. The monoisotopic (exact) mass is 222 g/mol. The first kappa shape index (κ1) is 9.86. The highest BCUT2D eigenvalue weighted by Gasteiger charge is 2.06. The molecule has 2 rings (SSSR count). The van der Waals surface area contributed by atoms with Gasteiger partial charge in [0.15, 0.2) is 17.9 Å². The molecule has 0 bridgehead atoms. The third-order valence-corrected chi connectivity index (χ3v) is 3.03. The van der Waals surface area contributed by atoms with Crippen molar-refractivity contribution in [3.63, 3.8) is 0 Å². The molecular weight excluding hydrogens is 215 g/mol. The molecule has 1 N–H and O–H groups in total. The number of phenolic OH excluding ortho intramolecular Hbond substituents is 1. The van der Waals surface area contributed by atoms with Crippen LogP contribution in [0.1, 0.15) is 9.67 Å². The molecule has 0 spiro atoms. The molecule has 0 atom stereocenters. The van der Waals surface area contributed by atoms with Crippen LogP contribution in [0.4, 0.5) is 4.39 Å². The van der Waals surface area contributed by atoms with Gasteiger partial charge < -0.3 is 5.11 Å². The zero-order chi connectivity index (χ0) is 10.8. The molecule has 0 fully saturated rings. The molecular formula is C11H7FO2S. The number of phenols is 1.